The second-order valence-corrected chi connectivity index (χ2v) is 5.03. The van der Waals surface area contributed by atoms with Crippen molar-refractivity contribution >= 4 is 23.1 Å². The number of nitrogens with zero attached hydrogens (tertiary/aromatic N) is 1. The number of hydrogen-bond acceptors (Lipinski definition) is 3. The van der Waals surface area contributed by atoms with Crippen molar-refractivity contribution < 1.29 is 9.59 Å². The molecular formula is C18H20N2O2. The fourth-order valence-corrected chi connectivity index (χ4v) is 2.19. The number of likely N-dealkylation sites (N-methyl/N-ethyl adjacent to an activating group) is 1. The molecule has 0 aromatic heterocycles. The number of hydrogen-bond donors (Lipinski definition) is 1. The van der Waals surface area contributed by atoms with Crippen molar-refractivity contribution in [2.45, 2.75) is 13.8 Å². The van der Waals surface area contributed by atoms with Crippen molar-refractivity contribution in [3.8, 4) is 0 Å². The van der Waals surface area contributed by atoms with Crippen molar-refractivity contribution in [3.05, 3.63) is 60.2 Å². The van der Waals surface area contributed by atoms with Crippen molar-refractivity contribution in [1.82, 2.24) is 0 Å². The summed E-state index contributed by atoms with van der Waals surface area (Å²) in [7, 11) is 0. The molecule has 0 aliphatic carbocycles. The highest BCUT2D eigenvalue weighted by Crippen LogP contribution is 2.14. The molecule has 0 unspecified atom stereocenters. The van der Waals surface area contributed by atoms with Crippen LogP contribution >= 0.6 is 0 Å². The molecule has 2 rings (SSSR count). The Labute approximate surface area is 130 Å². The number of Topliss-reactive ketones (excluding diaryl/α,β-unsaturated/α-hetero) is 1. The van der Waals surface area contributed by atoms with Gasteiger partial charge in [0.2, 0.25) is 5.91 Å². The number of amides is 1. The lowest BCUT2D eigenvalue weighted by atomic mass is 10.1. The minimum absolute atomic E-state index is 0.0131. The molecule has 0 aliphatic rings. The topological polar surface area (TPSA) is 49.4 Å². The van der Waals surface area contributed by atoms with Gasteiger partial charge in [-0.15, -0.1) is 0 Å². The third-order valence-electron chi connectivity index (χ3n) is 3.41. The van der Waals surface area contributed by atoms with Crippen molar-refractivity contribution in [2.24, 2.45) is 0 Å². The largest absolute Gasteiger partial charge is 0.362 e. The third kappa shape index (κ3) is 4.19. The van der Waals surface area contributed by atoms with Gasteiger partial charge in [-0.05, 0) is 50.2 Å². The highest BCUT2D eigenvalue weighted by atomic mass is 16.2. The fraction of sp³-hybridized carbons (Fsp3) is 0.222. The van der Waals surface area contributed by atoms with Crippen LogP contribution in [0.5, 0.6) is 0 Å². The molecule has 114 valence electrons. The second kappa shape index (κ2) is 7.41. The normalized spacial score (nSPS) is 10.1. The molecule has 0 radical (unpaired) electrons. The van der Waals surface area contributed by atoms with E-state index in [0.717, 1.165) is 12.2 Å². The van der Waals surface area contributed by atoms with Gasteiger partial charge in [-0.25, -0.2) is 0 Å². The monoisotopic (exact) mass is 296 g/mol. The lowest BCUT2D eigenvalue weighted by Crippen LogP contribution is -2.33. The summed E-state index contributed by atoms with van der Waals surface area (Å²) in [6.45, 7) is 4.57. The molecule has 0 atom stereocenters. The summed E-state index contributed by atoms with van der Waals surface area (Å²) in [5.41, 5.74) is 2.35. The van der Waals surface area contributed by atoms with Crippen molar-refractivity contribution in [1.29, 1.82) is 0 Å². The van der Waals surface area contributed by atoms with Gasteiger partial charge in [0, 0.05) is 23.5 Å². The molecule has 4 heteroatoms. The smallest absolute Gasteiger partial charge is 0.243 e. The Bertz CT molecular complexity index is 636. The van der Waals surface area contributed by atoms with Crippen LogP contribution in [0, 0.1) is 0 Å². The Kier molecular flexibility index (Phi) is 5.31. The maximum Gasteiger partial charge on any atom is 0.243 e. The van der Waals surface area contributed by atoms with Crippen LogP contribution in [0.4, 0.5) is 11.4 Å². The van der Waals surface area contributed by atoms with Crippen LogP contribution in [0.2, 0.25) is 0 Å². The van der Waals surface area contributed by atoms with Crippen molar-refractivity contribution in [3.63, 3.8) is 0 Å². The van der Waals surface area contributed by atoms with Crippen LogP contribution in [0.3, 0.4) is 0 Å². The Morgan fingerprint density at radius 3 is 2.18 bits per heavy atom. The maximum atomic E-state index is 12.2. The predicted molar refractivity (Wildman–Crippen MR) is 89.4 cm³/mol. The molecule has 0 fully saturated rings. The summed E-state index contributed by atoms with van der Waals surface area (Å²) in [6.07, 6.45) is 0. The Morgan fingerprint density at radius 1 is 1.00 bits per heavy atom. The van der Waals surface area contributed by atoms with E-state index in [0.29, 0.717) is 11.3 Å². The molecule has 0 aliphatic heterocycles. The first-order valence-electron chi connectivity index (χ1n) is 7.31. The first-order valence-corrected chi connectivity index (χ1v) is 7.31. The zero-order valence-corrected chi connectivity index (χ0v) is 12.9. The van der Waals surface area contributed by atoms with Crippen LogP contribution < -0.4 is 10.2 Å². The SMILES string of the molecule is CCN(CC(=O)Nc1ccc(C(C)=O)cc1)c1ccccc1. The van der Waals surface area contributed by atoms with Crippen LogP contribution in [-0.4, -0.2) is 24.8 Å². The molecule has 2 aromatic rings. The lowest BCUT2D eigenvalue weighted by molar-refractivity contribution is -0.115. The van der Waals surface area contributed by atoms with Gasteiger partial charge < -0.3 is 10.2 Å². The second-order valence-electron chi connectivity index (χ2n) is 5.03. The number of para-hydroxylation sites is 1. The summed E-state index contributed by atoms with van der Waals surface area (Å²) in [6, 6.07) is 16.7. The van der Waals surface area contributed by atoms with E-state index in [9.17, 15) is 9.59 Å². The van der Waals surface area contributed by atoms with Crippen LogP contribution in [-0.2, 0) is 4.79 Å². The standard InChI is InChI=1S/C18H20N2O2/c1-3-20(17-7-5-4-6-8-17)13-18(22)19-16-11-9-15(10-12-16)14(2)21/h4-12H,3,13H2,1-2H3,(H,19,22). The average Bonchev–Trinajstić information content (AvgIpc) is 2.54. The molecule has 0 spiro atoms. The van der Waals surface area contributed by atoms with Gasteiger partial charge in [-0.1, -0.05) is 18.2 Å². The number of benzene rings is 2. The van der Waals surface area contributed by atoms with E-state index in [-0.39, 0.29) is 18.2 Å². The molecule has 22 heavy (non-hydrogen) atoms. The summed E-state index contributed by atoms with van der Waals surface area (Å²) >= 11 is 0. The highest BCUT2D eigenvalue weighted by molar-refractivity contribution is 5.96. The summed E-state index contributed by atoms with van der Waals surface area (Å²) < 4.78 is 0. The average molecular weight is 296 g/mol. The first kappa shape index (κ1) is 15.8. The van der Waals surface area contributed by atoms with E-state index in [1.165, 1.54) is 6.92 Å². The number of carbonyl (C=O) groups is 2. The fourth-order valence-electron chi connectivity index (χ4n) is 2.19. The number of anilines is 2. The van der Waals surface area contributed by atoms with E-state index in [4.69, 9.17) is 0 Å². The molecule has 0 bridgehead atoms. The van der Waals surface area contributed by atoms with Gasteiger partial charge >= 0.3 is 0 Å². The minimum Gasteiger partial charge on any atom is -0.362 e. The molecule has 1 N–H and O–H groups in total. The molecule has 4 nitrogen and oxygen atoms in total. The number of rotatable bonds is 6. The van der Waals surface area contributed by atoms with Gasteiger partial charge in [-0.3, -0.25) is 9.59 Å². The van der Waals surface area contributed by atoms with E-state index >= 15 is 0 Å². The van der Waals surface area contributed by atoms with Crippen molar-refractivity contribution in [2.75, 3.05) is 23.3 Å². The van der Waals surface area contributed by atoms with E-state index in [2.05, 4.69) is 5.32 Å². The quantitative estimate of drug-likeness (QED) is 0.832. The van der Waals surface area contributed by atoms with Gasteiger partial charge in [0.1, 0.15) is 0 Å². The molecule has 2 aromatic carbocycles. The van der Waals surface area contributed by atoms with Crippen LogP contribution in [0.15, 0.2) is 54.6 Å². The van der Waals surface area contributed by atoms with E-state index in [1.807, 2.05) is 42.2 Å². The summed E-state index contributed by atoms with van der Waals surface area (Å²) in [5.74, 6) is -0.0691. The Morgan fingerprint density at radius 2 is 1.64 bits per heavy atom. The Balaban J connectivity index is 1.98. The molecular weight excluding hydrogens is 276 g/mol. The van der Waals surface area contributed by atoms with E-state index in [1.54, 1.807) is 24.3 Å². The van der Waals surface area contributed by atoms with Crippen LogP contribution in [0.1, 0.15) is 24.2 Å². The number of carbonyl (C=O) groups excluding carboxylic acids is 2. The maximum absolute atomic E-state index is 12.2. The molecule has 1 amide bonds. The zero-order valence-electron chi connectivity index (χ0n) is 12.9. The number of ketones is 1. The highest BCUT2D eigenvalue weighted by Gasteiger charge is 2.10. The van der Waals surface area contributed by atoms with Gasteiger partial charge in [0.15, 0.2) is 5.78 Å². The molecule has 0 heterocycles. The zero-order chi connectivity index (χ0) is 15.9. The molecule has 0 saturated heterocycles. The van der Waals surface area contributed by atoms with Gasteiger partial charge in [-0.2, -0.15) is 0 Å². The minimum atomic E-state index is -0.0821. The summed E-state index contributed by atoms with van der Waals surface area (Å²) in [5, 5.41) is 2.85. The third-order valence-corrected chi connectivity index (χ3v) is 3.41. The lowest BCUT2D eigenvalue weighted by Gasteiger charge is -2.22. The first-order chi connectivity index (χ1) is 10.6. The van der Waals surface area contributed by atoms with E-state index < -0.39 is 0 Å². The van der Waals surface area contributed by atoms with Gasteiger partial charge in [0.05, 0.1) is 6.54 Å². The predicted octanol–water partition coefficient (Wildman–Crippen LogP) is 3.35. The molecule has 0 saturated carbocycles. The van der Waals surface area contributed by atoms with Gasteiger partial charge in [0.25, 0.3) is 0 Å². The Hall–Kier alpha value is -2.62. The number of nitrogens with one attached hydrogen (secondary N) is 1. The van der Waals surface area contributed by atoms with Crippen LogP contribution in [0.25, 0.3) is 0 Å². The summed E-state index contributed by atoms with van der Waals surface area (Å²) in [4.78, 5) is 25.4.